The van der Waals surface area contributed by atoms with Gasteiger partial charge in [-0.05, 0) is 68.5 Å². The fourth-order valence-electron chi connectivity index (χ4n) is 6.74. The first kappa shape index (κ1) is 23.4. The molecule has 7 rings (SSSR count). The molecule has 4 aliphatic rings. The lowest BCUT2D eigenvalue weighted by Crippen LogP contribution is -2.54. The van der Waals surface area contributed by atoms with Crippen LogP contribution in [0.3, 0.4) is 0 Å². The highest BCUT2D eigenvalue weighted by molar-refractivity contribution is 6.02. The van der Waals surface area contributed by atoms with E-state index in [1.54, 1.807) is 16.9 Å². The highest BCUT2D eigenvalue weighted by Crippen LogP contribution is 2.35. The SMILES string of the molecule is CN1CC2CCC(C1)N2C(=O)c1cnc2c(c1)C(c1ccn3ncc(C(=O)N4CCCCC4)c3c1)=CCN2. The number of anilines is 1. The van der Waals surface area contributed by atoms with Crippen LogP contribution in [0.1, 0.15) is 63.9 Å². The highest BCUT2D eigenvalue weighted by Gasteiger charge is 2.42. The van der Waals surface area contributed by atoms with Crippen LogP contribution in [-0.2, 0) is 0 Å². The molecular weight excluding hydrogens is 478 g/mol. The van der Waals surface area contributed by atoms with Crippen molar-refractivity contribution in [3.8, 4) is 0 Å². The summed E-state index contributed by atoms with van der Waals surface area (Å²) in [7, 11) is 2.14. The lowest BCUT2D eigenvalue weighted by atomic mass is 9.94. The number of piperidine rings is 1. The Morgan fingerprint density at radius 3 is 2.58 bits per heavy atom. The molecule has 0 aromatic carbocycles. The Kier molecular flexibility index (Phi) is 5.69. The van der Waals surface area contributed by atoms with Gasteiger partial charge < -0.3 is 20.0 Å². The summed E-state index contributed by atoms with van der Waals surface area (Å²) in [4.78, 5) is 38.0. The van der Waals surface area contributed by atoms with Crippen LogP contribution in [0.15, 0.2) is 42.9 Å². The molecule has 38 heavy (non-hydrogen) atoms. The van der Waals surface area contributed by atoms with Gasteiger partial charge in [0.25, 0.3) is 11.8 Å². The van der Waals surface area contributed by atoms with Crippen molar-refractivity contribution >= 4 is 28.7 Å². The number of aromatic nitrogens is 3. The van der Waals surface area contributed by atoms with Gasteiger partial charge in [-0.15, -0.1) is 0 Å². The van der Waals surface area contributed by atoms with E-state index in [1.807, 2.05) is 29.3 Å². The molecule has 0 aliphatic carbocycles. The summed E-state index contributed by atoms with van der Waals surface area (Å²) in [6.07, 6.45) is 12.8. The standard InChI is InChI=1S/C29H33N7O2/c1-33-17-21-5-6-22(18-33)36(21)28(37)20-13-24-23(7-9-30-27(24)31-15-20)19-8-12-35-26(14-19)25(16-32-35)29(38)34-10-3-2-4-11-34/h7-8,12-16,21-22H,2-6,9-11,17-18H2,1H3,(H,30,31). The van der Waals surface area contributed by atoms with Crippen LogP contribution in [0.4, 0.5) is 5.82 Å². The lowest BCUT2D eigenvalue weighted by molar-refractivity contribution is 0.0472. The molecule has 3 saturated heterocycles. The fraction of sp³-hybridized carbons (Fsp3) is 0.448. The van der Waals surface area contributed by atoms with Crippen LogP contribution in [0.5, 0.6) is 0 Å². The largest absolute Gasteiger partial charge is 0.366 e. The van der Waals surface area contributed by atoms with Gasteiger partial charge in [-0.1, -0.05) is 6.08 Å². The van der Waals surface area contributed by atoms with Crippen molar-refractivity contribution in [1.29, 1.82) is 0 Å². The third-order valence-electron chi connectivity index (χ3n) is 8.61. The van der Waals surface area contributed by atoms with Crippen molar-refractivity contribution in [2.24, 2.45) is 0 Å². The molecule has 3 aromatic rings. The van der Waals surface area contributed by atoms with Gasteiger partial charge in [0, 0.05) is 62.8 Å². The number of hydrogen-bond acceptors (Lipinski definition) is 6. The van der Waals surface area contributed by atoms with Crippen LogP contribution in [0.25, 0.3) is 11.1 Å². The molecule has 3 aromatic heterocycles. The zero-order valence-corrected chi connectivity index (χ0v) is 21.8. The molecule has 4 aliphatic heterocycles. The number of fused-ring (bicyclic) bond motifs is 4. The quantitative estimate of drug-likeness (QED) is 0.582. The van der Waals surface area contributed by atoms with E-state index in [2.05, 4.69) is 38.3 Å². The maximum Gasteiger partial charge on any atom is 0.257 e. The fourth-order valence-corrected chi connectivity index (χ4v) is 6.74. The van der Waals surface area contributed by atoms with E-state index in [0.717, 1.165) is 79.9 Å². The van der Waals surface area contributed by atoms with E-state index in [0.29, 0.717) is 17.7 Å². The molecule has 2 unspecified atom stereocenters. The van der Waals surface area contributed by atoms with Crippen LogP contribution in [0.2, 0.25) is 0 Å². The molecule has 2 bridgehead atoms. The Morgan fingerprint density at radius 1 is 1.00 bits per heavy atom. The molecule has 9 nitrogen and oxygen atoms in total. The second-order valence-electron chi connectivity index (χ2n) is 11.1. The number of carbonyl (C=O) groups is 2. The Balaban J connectivity index is 1.22. The number of nitrogens with zero attached hydrogens (tertiary/aromatic N) is 6. The summed E-state index contributed by atoms with van der Waals surface area (Å²) in [5.41, 5.74) is 4.98. The maximum absolute atomic E-state index is 13.7. The number of likely N-dealkylation sites (tertiary alicyclic amines) is 2. The van der Waals surface area contributed by atoms with Crippen LogP contribution < -0.4 is 5.32 Å². The maximum atomic E-state index is 13.7. The van der Waals surface area contributed by atoms with Crippen molar-refractivity contribution < 1.29 is 9.59 Å². The van der Waals surface area contributed by atoms with Crippen LogP contribution in [0, 0.1) is 0 Å². The second-order valence-corrected chi connectivity index (χ2v) is 11.1. The summed E-state index contributed by atoms with van der Waals surface area (Å²) >= 11 is 0. The van der Waals surface area contributed by atoms with Gasteiger partial charge >= 0.3 is 0 Å². The smallest absolute Gasteiger partial charge is 0.257 e. The molecule has 0 radical (unpaired) electrons. The molecule has 196 valence electrons. The van der Waals surface area contributed by atoms with Crippen LogP contribution in [-0.4, -0.2) is 93.0 Å². The van der Waals surface area contributed by atoms with Gasteiger partial charge in [-0.3, -0.25) is 9.59 Å². The Labute approximate surface area is 222 Å². The minimum absolute atomic E-state index is 0.0490. The van der Waals surface area contributed by atoms with Gasteiger partial charge in [0.1, 0.15) is 5.82 Å². The van der Waals surface area contributed by atoms with Gasteiger partial charge in [0.15, 0.2) is 0 Å². The molecule has 2 atom stereocenters. The average Bonchev–Trinajstić information content (AvgIpc) is 3.50. The summed E-state index contributed by atoms with van der Waals surface area (Å²) in [5.74, 6) is 0.901. The van der Waals surface area contributed by atoms with Gasteiger partial charge in [-0.25, -0.2) is 9.50 Å². The molecule has 0 spiro atoms. The topological polar surface area (TPSA) is 86.1 Å². The number of pyridine rings is 2. The minimum Gasteiger partial charge on any atom is -0.366 e. The Morgan fingerprint density at radius 2 is 1.79 bits per heavy atom. The summed E-state index contributed by atoms with van der Waals surface area (Å²) in [6.45, 7) is 4.11. The van der Waals surface area contributed by atoms with E-state index in [9.17, 15) is 9.59 Å². The van der Waals surface area contributed by atoms with E-state index < -0.39 is 0 Å². The summed E-state index contributed by atoms with van der Waals surface area (Å²) < 4.78 is 1.77. The van der Waals surface area contributed by atoms with Gasteiger partial charge in [-0.2, -0.15) is 5.10 Å². The summed E-state index contributed by atoms with van der Waals surface area (Å²) in [6, 6.07) is 6.60. The molecule has 1 N–H and O–H groups in total. The number of amides is 2. The Bertz CT molecular complexity index is 1440. The van der Waals surface area contributed by atoms with Crippen molar-refractivity contribution in [3.05, 3.63) is 65.1 Å². The van der Waals surface area contributed by atoms with E-state index in [1.165, 1.54) is 6.42 Å². The third kappa shape index (κ3) is 3.88. The third-order valence-corrected chi connectivity index (χ3v) is 8.61. The zero-order chi connectivity index (χ0) is 25.8. The van der Waals surface area contributed by atoms with E-state index in [-0.39, 0.29) is 23.9 Å². The zero-order valence-electron chi connectivity index (χ0n) is 21.8. The predicted molar refractivity (Wildman–Crippen MR) is 145 cm³/mol. The number of rotatable bonds is 3. The molecule has 3 fully saturated rings. The number of nitrogens with one attached hydrogen (secondary N) is 1. The monoisotopic (exact) mass is 511 g/mol. The van der Waals surface area contributed by atoms with Crippen LogP contribution >= 0.6 is 0 Å². The molecule has 9 heteroatoms. The predicted octanol–water partition coefficient (Wildman–Crippen LogP) is 3.13. The van der Waals surface area contributed by atoms with Crippen molar-refractivity contribution in [2.45, 2.75) is 44.2 Å². The van der Waals surface area contributed by atoms with E-state index in [4.69, 9.17) is 0 Å². The van der Waals surface area contributed by atoms with Gasteiger partial charge in [0.2, 0.25) is 0 Å². The molecular formula is C29H33N7O2. The first-order valence-corrected chi connectivity index (χ1v) is 13.8. The van der Waals surface area contributed by atoms with Gasteiger partial charge in [0.05, 0.1) is 22.8 Å². The second kappa shape index (κ2) is 9.23. The van der Waals surface area contributed by atoms with Crippen molar-refractivity contribution in [3.63, 3.8) is 0 Å². The number of hydrogen-bond donors (Lipinski definition) is 1. The number of piperazine rings is 1. The molecule has 2 amide bonds. The molecule has 0 saturated carbocycles. The first-order chi connectivity index (χ1) is 18.6. The lowest BCUT2D eigenvalue weighted by Gasteiger charge is -2.39. The van der Waals surface area contributed by atoms with Crippen molar-refractivity contribution in [1.82, 2.24) is 29.3 Å². The summed E-state index contributed by atoms with van der Waals surface area (Å²) in [5, 5.41) is 7.80. The molecule has 7 heterocycles. The van der Waals surface area contributed by atoms with E-state index >= 15 is 0 Å². The average molecular weight is 512 g/mol. The first-order valence-electron chi connectivity index (χ1n) is 13.8. The Hall–Kier alpha value is -3.72. The minimum atomic E-state index is 0.0490. The van der Waals surface area contributed by atoms with Crippen molar-refractivity contribution in [2.75, 3.05) is 45.1 Å². The highest BCUT2D eigenvalue weighted by atomic mass is 16.2. The normalized spacial score (nSPS) is 23.2. The number of likely N-dealkylation sites (N-methyl/N-ethyl adjacent to an activating group) is 1. The number of carbonyl (C=O) groups excluding carboxylic acids is 2.